The third-order valence-corrected chi connectivity index (χ3v) is 3.10. The SMILES string of the molecule is COc1ccccc1CC(NN)c1cc(F)cc(F)c1. The first kappa shape index (κ1) is 14.4. The fourth-order valence-corrected chi connectivity index (χ4v) is 2.14. The molecule has 1 atom stereocenters. The topological polar surface area (TPSA) is 47.3 Å². The molecule has 0 heterocycles. The van der Waals surface area contributed by atoms with E-state index in [-0.39, 0.29) is 0 Å². The second-order valence-electron chi connectivity index (χ2n) is 4.44. The van der Waals surface area contributed by atoms with Gasteiger partial charge in [0.1, 0.15) is 17.4 Å². The summed E-state index contributed by atoms with van der Waals surface area (Å²) in [4.78, 5) is 0. The van der Waals surface area contributed by atoms with Crippen LogP contribution in [0.4, 0.5) is 8.78 Å². The fourth-order valence-electron chi connectivity index (χ4n) is 2.14. The number of hydrogen-bond donors (Lipinski definition) is 2. The molecule has 20 heavy (non-hydrogen) atoms. The largest absolute Gasteiger partial charge is 0.496 e. The van der Waals surface area contributed by atoms with Crippen molar-refractivity contribution in [2.45, 2.75) is 12.5 Å². The van der Waals surface area contributed by atoms with Crippen molar-refractivity contribution >= 4 is 0 Å². The van der Waals surface area contributed by atoms with E-state index in [0.29, 0.717) is 17.7 Å². The molecule has 0 aliphatic heterocycles. The molecule has 2 rings (SSSR count). The van der Waals surface area contributed by atoms with Gasteiger partial charge in [0.15, 0.2) is 0 Å². The Bertz CT molecular complexity index is 570. The summed E-state index contributed by atoms with van der Waals surface area (Å²) in [5.41, 5.74) is 3.94. The van der Waals surface area contributed by atoms with Crippen molar-refractivity contribution in [2.75, 3.05) is 7.11 Å². The Labute approximate surface area is 116 Å². The predicted molar refractivity (Wildman–Crippen MR) is 73.1 cm³/mol. The summed E-state index contributed by atoms with van der Waals surface area (Å²) in [5.74, 6) is 4.97. The van der Waals surface area contributed by atoms with Crippen LogP contribution in [0.5, 0.6) is 5.75 Å². The third kappa shape index (κ3) is 3.31. The minimum Gasteiger partial charge on any atom is -0.496 e. The predicted octanol–water partition coefficient (Wildman–Crippen LogP) is 2.72. The zero-order valence-corrected chi connectivity index (χ0v) is 11.1. The summed E-state index contributed by atoms with van der Waals surface area (Å²) in [6, 6.07) is 10.4. The molecule has 0 aromatic heterocycles. The average Bonchev–Trinajstić information content (AvgIpc) is 2.44. The van der Waals surface area contributed by atoms with Crippen LogP contribution in [0, 0.1) is 11.6 Å². The van der Waals surface area contributed by atoms with E-state index >= 15 is 0 Å². The highest BCUT2D eigenvalue weighted by Crippen LogP contribution is 2.25. The Kier molecular flexibility index (Phi) is 4.65. The van der Waals surface area contributed by atoms with Crippen molar-refractivity contribution < 1.29 is 13.5 Å². The highest BCUT2D eigenvalue weighted by molar-refractivity contribution is 5.35. The zero-order chi connectivity index (χ0) is 14.5. The minimum atomic E-state index is -0.625. The quantitative estimate of drug-likeness (QED) is 0.653. The van der Waals surface area contributed by atoms with Crippen molar-refractivity contribution in [3.8, 4) is 5.75 Å². The molecule has 0 amide bonds. The molecule has 0 radical (unpaired) electrons. The van der Waals surface area contributed by atoms with E-state index in [0.717, 1.165) is 11.6 Å². The number of nitrogens with one attached hydrogen (secondary N) is 1. The van der Waals surface area contributed by atoms with E-state index in [1.165, 1.54) is 12.1 Å². The molecule has 0 aliphatic carbocycles. The van der Waals surface area contributed by atoms with Crippen molar-refractivity contribution in [3.05, 3.63) is 65.2 Å². The highest BCUT2D eigenvalue weighted by atomic mass is 19.1. The molecule has 106 valence electrons. The first-order valence-corrected chi connectivity index (χ1v) is 6.18. The van der Waals surface area contributed by atoms with Gasteiger partial charge in [0.25, 0.3) is 0 Å². The Morgan fingerprint density at radius 2 is 1.80 bits per heavy atom. The number of para-hydroxylation sites is 1. The number of methoxy groups -OCH3 is 1. The van der Waals surface area contributed by atoms with Crippen LogP contribution in [0.3, 0.4) is 0 Å². The van der Waals surface area contributed by atoms with Gasteiger partial charge in [-0.05, 0) is 35.7 Å². The van der Waals surface area contributed by atoms with Gasteiger partial charge in [0.2, 0.25) is 0 Å². The van der Waals surface area contributed by atoms with Crippen molar-refractivity contribution in [2.24, 2.45) is 5.84 Å². The van der Waals surface area contributed by atoms with Crippen LogP contribution in [0.15, 0.2) is 42.5 Å². The van der Waals surface area contributed by atoms with Gasteiger partial charge in [-0.15, -0.1) is 0 Å². The number of benzene rings is 2. The van der Waals surface area contributed by atoms with Gasteiger partial charge in [0.05, 0.1) is 13.2 Å². The molecule has 0 saturated carbocycles. The van der Waals surface area contributed by atoms with Crippen LogP contribution in [-0.4, -0.2) is 7.11 Å². The molecule has 0 saturated heterocycles. The molecule has 0 aliphatic rings. The molecule has 1 unspecified atom stereocenters. The summed E-state index contributed by atoms with van der Waals surface area (Å²) in [6.07, 6.45) is 0.462. The van der Waals surface area contributed by atoms with Crippen LogP contribution >= 0.6 is 0 Å². The van der Waals surface area contributed by atoms with Crippen LogP contribution < -0.4 is 16.0 Å². The Morgan fingerprint density at radius 3 is 2.40 bits per heavy atom. The van der Waals surface area contributed by atoms with Gasteiger partial charge in [-0.3, -0.25) is 11.3 Å². The van der Waals surface area contributed by atoms with E-state index in [1.54, 1.807) is 7.11 Å². The number of halogens is 2. The first-order valence-electron chi connectivity index (χ1n) is 6.18. The van der Waals surface area contributed by atoms with E-state index in [2.05, 4.69) is 5.43 Å². The van der Waals surface area contributed by atoms with Crippen LogP contribution in [0.25, 0.3) is 0 Å². The maximum absolute atomic E-state index is 13.3. The van der Waals surface area contributed by atoms with Crippen molar-refractivity contribution in [3.63, 3.8) is 0 Å². The molecule has 0 fully saturated rings. The molecule has 0 spiro atoms. The van der Waals surface area contributed by atoms with Gasteiger partial charge < -0.3 is 4.74 Å². The van der Waals surface area contributed by atoms with Gasteiger partial charge >= 0.3 is 0 Å². The first-order chi connectivity index (χ1) is 9.63. The second-order valence-corrected chi connectivity index (χ2v) is 4.44. The molecule has 0 bridgehead atoms. The number of ether oxygens (including phenoxy) is 1. The monoisotopic (exact) mass is 278 g/mol. The number of hydrogen-bond acceptors (Lipinski definition) is 3. The normalized spacial score (nSPS) is 12.2. The molecule has 3 N–H and O–H groups in total. The average molecular weight is 278 g/mol. The Balaban J connectivity index is 2.28. The number of nitrogens with two attached hydrogens (primary N) is 1. The maximum Gasteiger partial charge on any atom is 0.126 e. The standard InChI is InChI=1S/C15H16F2N2O/c1-20-15-5-3-2-4-10(15)8-14(19-18)11-6-12(16)9-13(17)7-11/h2-7,9,14,19H,8,18H2,1H3. The molecule has 2 aromatic carbocycles. The number of rotatable bonds is 5. The van der Waals surface area contributed by atoms with Crippen LogP contribution in [0.1, 0.15) is 17.2 Å². The lowest BCUT2D eigenvalue weighted by molar-refractivity contribution is 0.405. The van der Waals surface area contributed by atoms with E-state index in [9.17, 15) is 8.78 Å². The smallest absolute Gasteiger partial charge is 0.126 e. The van der Waals surface area contributed by atoms with E-state index in [4.69, 9.17) is 10.6 Å². The molecule has 3 nitrogen and oxygen atoms in total. The van der Waals surface area contributed by atoms with Crippen LogP contribution in [-0.2, 0) is 6.42 Å². The summed E-state index contributed by atoms with van der Waals surface area (Å²) in [5, 5.41) is 0. The summed E-state index contributed by atoms with van der Waals surface area (Å²) in [7, 11) is 1.57. The van der Waals surface area contributed by atoms with E-state index in [1.807, 2.05) is 24.3 Å². The maximum atomic E-state index is 13.3. The fraction of sp³-hybridized carbons (Fsp3) is 0.200. The summed E-state index contributed by atoms with van der Waals surface area (Å²) in [6.45, 7) is 0. The van der Waals surface area contributed by atoms with E-state index < -0.39 is 17.7 Å². The lowest BCUT2D eigenvalue weighted by Crippen LogP contribution is -2.29. The highest BCUT2D eigenvalue weighted by Gasteiger charge is 2.15. The van der Waals surface area contributed by atoms with Crippen LogP contribution in [0.2, 0.25) is 0 Å². The summed E-state index contributed by atoms with van der Waals surface area (Å²) < 4.78 is 31.8. The van der Waals surface area contributed by atoms with Gasteiger partial charge in [-0.1, -0.05) is 18.2 Å². The van der Waals surface area contributed by atoms with Crippen molar-refractivity contribution in [1.82, 2.24) is 5.43 Å². The van der Waals surface area contributed by atoms with Gasteiger partial charge in [-0.2, -0.15) is 0 Å². The lowest BCUT2D eigenvalue weighted by atomic mass is 9.98. The minimum absolute atomic E-state index is 0.406. The molecule has 5 heteroatoms. The molecular weight excluding hydrogens is 262 g/mol. The second kappa shape index (κ2) is 6.45. The Morgan fingerprint density at radius 1 is 1.15 bits per heavy atom. The lowest BCUT2D eigenvalue weighted by Gasteiger charge is -2.18. The number of hydrazine groups is 1. The summed E-state index contributed by atoms with van der Waals surface area (Å²) >= 11 is 0. The van der Waals surface area contributed by atoms with Crippen molar-refractivity contribution in [1.29, 1.82) is 0 Å². The molecule has 2 aromatic rings. The Hall–Kier alpha value is -1.98. The third-order valence-electron chi connectivity index (χ3n) is 3.10. The zero-order valence-electron chi connectivity index (χ0n) is 11.1. The van der Waals surface area contributed by atoms with Gasteiger partial charge in [0, 0.05) is 6.07 Å². The van der Waals surface area contributed by atoms with Gasteiger partial charge in [-0.25, -0.2) is 8.78 Å². The molecular formula is C15H16F2N2O.